The predicted molar refractivity (Wildman–Crippen MR) is 362 cm³/mol. The number of carbonyl (C=O) groups excluding carboxylic acids is 3. The first-order chi connectivity index (χ1) is 41.0. The summed E-state index contributed by atoms with van der Waals surface area (Å²) in [6.07, 6.45) is 92.5. The van der Waals surface area contributed by atoms with E-state index >= 15 is 0 Å². The van der Waals surface area contributed by atoms with E-state index in [1.807, 2.05) is 0 Å². The number of ether oxygens (including phenoxy) is 3. The molecule has 0 amide bonds. The Kier molecular flexibility index (Phi) is 69.1. The molecule has 0 heterocycles. The Labute approximate surface area is 517 Å². The second-order valence-electron chi connectivity index (χ2n) is 24.8. The minimum absolute atomic E-state index is 0.0671. The number of rotatable bonds is 68. The van der Waals surface area contributed by atoms with E-state index in [-0.39, 0.29) is 31.1 Å². The summed E-state index contributed by atoms with van der Waals surface area (Å²) in [5.74, 6) is -0.837. The molecule has 0 aliphatic rings. The van der Waals surface area contributed by atoms with E-state index in [9.17, 15) is 14.4 Å². The van der Waals surface area contributed by atoms with Crippen molar-refractivity contribution in [2.24, 2.45) is 0 Å². The van der Waals surface area contributed by atoms with Crippen molar-refractivity contribution in [3.63, 3.8) is 0 Å². The molecule has 0 radical (unpaired) electrons. The van der Waals surface area contributed by atoms with Crippen LogP contribution in [0.2, 0.25) is 0 Å². The molecule has 0 spiro atoms. The molecule has 0 aromatic carbocycles. The van der Waals surface area contributed by atoms with Gasteiger partial charge in [0.05, 0.1) is 0 Å². The van der Waals surface area contributed by atoms with Crippen molar-refractivity contribution >= 4 is 17.9 Å². The predicted octanol–water partition coefficient (Wildman–Crippen LogP) is 25.5. The Morgan fingerprint density at radius 1 is 0.253 bits per heavy atom. The van der Waals surface area contributed by atoms with Crippen LogP contribution in [-0.2, 0) is 28.6 Å². The molecule has 0 rings (SSSR count). The van der Waals surface area contributed by atoms with Gasteiger partial charge in [0.1, 0.15) is 13.2 Å². The van der Waals surface area contributed by atoms with Crippen molar-refractivity contribution in [1.29, 1.82) is 0 Å². The summed E-state index contributed by atoms with van der Waals surface area (Å²) in [6.45, 7) is 6.61. The SMILES string of the molecule is CC/C=C\C/C=C\C/C=C\C/C=C\C/C=C\CCCCCCCCCCCCCCCC(=O)OCC(COC(=O)CCCCCCCCCCCCCCCCC)OC(=O)CCCCCCCCCCCCCCCCCCCCCCC. The quantitative estimate of drug-likeness (QED) is 0.0261. The third kappa shape index (κ3) is 69.8. The smallest absolute Gasteiger partial charge is 0.306 e. The molecular formula is C77H140O6. The highest BCUT2D eigenvalue weighted by Gasteiger charge is 2.19. The molecule has 0 aliphatic carbocycles. The van der Waals surface area contributed by atoms with Gasteiger partial charge >= 0.3 is 17.9 Å². The van der Waals surface area contributed by atoms with Crippen LogP contribution in [0.25, 0.3) is 0 Å². The van der Waals surface area contributed by atoms with Crippen LogP contribution >= 0.6 is 0 Å². The van der Waals surface area contributed by atoms with Crippen molar-refractivity contribution in [2.45, 2.75) is 399 Å². The highest BCUT2D eigenvalue weighted by Crippen LogP contribution is 2.19. The molecule has 6 heteroatoms. The maximum absolute atomic E-state index is 13.0. The largest absolute Gasteiger partial charge is 0.462 e. The summed E-state index contributed by atoms with van der Waals surface area (Å²) < 4.78 is 17.0. The van der Waals surface area contributed by atoms with E-state index in [0.29, 0.717) is 19.3 Å². The number of hydrogen-bond donors (Lipinski definition) is 0. The van der Waals surface area contributed by atoms with E-state index in [0.717, 1.165) is 89.9 Å². The molecule has 0 aliphatic heterocycles. The van der Waals surface area contributed by atoms with Crippen LogP contribution in [0.4, 0.5) is 0 Å². The molecule has 0 fully saturated rings. The third-order valence-corrected chi connectivity index (χ3v) is 16.5. The molecule has 6 nitrogen and oxygen atoms in total. The van der Waals surface area contributed by atoms with Crippen molar-refractivity contribution < 1.29 is 28.6 Å². The molecule has 1 unspecified atom stereocenters. The van der Waals surface area contributed by atoms with Crippen LogP contribution in [0.3, 0.4) is 0 Å². The lowest BCUT2D eigenvalue weighted by Crippen LogP contribution is -2.30. The number of carbonyl (C=O) groups is 3. The molecule has 83 heavy (non-hydrogen) atoms. The van der Waals surface area contributed by atoms with Crippen LogP contribution in [0.1, 0.15) is 393 Å². The minimum Gasteiger partial charge on any atom is -0.462 e. The summed E-state index contributed by atoms with van der Waals surface area (Å²) in [6, 6.07) is 0. The fourth-order valence-electron chi connectivity index (χ4n) is 11.1. The van der Waals surface area contributed by atoms with Gasteiger partial charge in [-0.25, -0.2) is 0 Å². The monoisotopic (exact) mass is 1160 g/mol. The fourth-order valence-corrected chi connectivity index (χ4v) is 11.1. The summed E-state index contributed by atoms with van der Waals surface area (Å²) >= 11 is 0. The van der Waals surface area contributed by atoms with Crippen molar-refractivity contribution in [3.05, 3.63) is 60.8 Å². The van der Waals surface area contributed by atoms with Gasteiger partial charge in [-0.3, -0.25) is 14.4 Å². The van der Waals surface area contributed by atoms with Gasteiger partial charge in [-0.15, -0.1) is 0 Å². The van der Waals surface area contributed by atoms with Crippen LogP contribution < -0.4 is 0 Å². The molecule has 0 saturated heterocycles. The van der Waals surface area contributed by atoms with Crippen molar-refractivity contribution in [1.82, 2.24) is 0 Å². The van der Waals surface area contributed by atoms with Crippen LogP contribution in [0.5, 0.6) is 0 Å². The first-order valence-corrected chi connectivity index (χ1v) is 36.8. The number of esters is 3. The zero-order chi connectivity index (χ0) is 59.9. The molecule has 484 valence electrons. The van der Waals surface area contributed by atoms with Gasteiger partial charge in [-0.2, -0.15) is 0 Å². The molecule has 0 saturated carbocycles. The van der Waals surface area contributed by atoms with Gasteiger partial charge in [0.15, 0.2) is 6.10 Å². The van der Waals surface area contributed by atoms with E-state index in [2.05, 4.69) is 81.5 Å². The minimum atomic E-state index is -0.772. The molecule has 0 aromatic rings. The van der Waals surface area contributed by atoms with Gasteiger partial charge in [0.25, 0.3) is 0 Å². The van der Waals surface area contributed by atoms with E-state index in [1.165, 1.54) is 263 Å². The van der Waals surface area contributed by atoms with E-state index in [1.54, 1.807) is 0 Å². The summed E-state index contributed by atoms with van der Waals surface area (Å²) in [4.78, 5) is 38.5. The van der Waals surface area contributed by atoms with Gasteiger partial charge in [-0.05, 0) is 64.2 Å². The third-order valence-electron chi connectivity index (χ3n) is 16.5. The van der Waals surface area contributed by atoms with Gasteiger partial charge in [0, 0.05) is 19.3 Å². The van der Waals surface area contributed by atoms with Gasteiger partial charge < -0.3 is 14.2 Å². The lowest BCUT2D eigenvalue weighted by atomic mass is 10.0. The second-order valence-corrected chi connectivity index (χ2v) is 24.8. The van der Waals surface area contributed by atoms with E-state index in [4.69, 9.17) is 14.2 Å². The standard InChI is InChI=1S/C77H140O6/c1-4-7-10-13-16-19-22-25-28-30-32-34-35-36-37-38-39-40-41-43-44-46-49-52-55-58-61-64-67-70-76(79)82-73-74(72-81-75(78)69-66-63-60-57-54-51-48-27-24-21-18-15-12-9-6-3)83-77(80)71-68-65-62-59-56-53-50-47-45-42-33-31-29-26-23-20-17-14-11-8-5-2/h7,10,16,19,25,28,32,34,36-37,74H,4-6,8-9,11-15,17-18,20-24,26-27,29-31,33,35,38-73H2,1-3H3/b10-7-,19-16-,28-25-,34-32-,37-36-. The Balaban J connectivity index is 4.25. The second kappa shape index (κ2) is 71.6. The van der Waals surface area contributed by atoms with Crippen molar-refractivity contribution in [2.75, 3.05) is 13.2 Å². The molecular weight excluding hydrogens is 1020 g/mol. The highest BCUT2D eigenvalue weighted by molar-refractivity contribution is 5.71. The number of hydrogen-bond acceptors (Lipinski definition) is 6. The van der Waals surface area contributed by atoms with Gasteiger partial charge in [0.2, 0.25) is 0 Å². The van der Waals surface area contributed by atoms with Crippen molar-refractivity contribution in [3.8, 4) is 0 Å². The average molecular weight is 1160 g/mol. The maximum atomic E-state index is 13.0. The Morgan fingerprint density at radius 3 is 0.735 bits per heavy atom. The normalized spacial score (nSPS) is 12.4. The highest BCUT2D eigenvalue weighted by atomic mass is 16.6. The lowest BCUT2D eigenvalue weighted by molar-refractivity contribution is -0.167. The zero-order valence-electron chi connectivity index (χ0n) is 55.7. The Hall–Kier alpha value is -2.89. The maximum Gasteiger partial charge on any atom is 0.306 e. The van der Waals surface area contributed by atoms with Crippen LogP contribution in [-0.4, -0.2) is 37.2 Å². The lowest BCUT2D eigenvalue weighted by Gasteiger charge is -2.18. The molecule has 0 N–H and O–H groups in total. The summed E-state index contributed by atoms with van der Waals surface area (Å²) in [5.41, 5.74) is 0. The Bertz CT molecular complexity index is 1470. The Morgan fingerprint density at radius 2 is 0.470 bits per heavy atom. The van der Waals surface area contributed by atoms with Gasteiger partial charge in [-0.1, -0.05) is 370 Å². The van der Waals surface area contributed by atoms with E-state index < -0.39 is 6.10 Å². The molecule has 0 aromatic heterocycles. The van der Waals surface area contributed by atoms with Crippen LogP contribution in [0.15, 0.2) is 60.8 Å². The average Bonchev–Trinajstić information content (AvgIpc) is 3.49. The molecule has 1 atom stereocenters. The number of unbranched alkanes of at least 4 members (excludes halogenated alkanes) is 47. The first kappa shape index (κ1) is 80.1. The number of allylic oxidation sites excluding steroid dienone is 10. The topological polar surface area (TPSA) is 78.9 Å². The first-order valence-electron chi connectivity index (χ1n) is 36.8. The fraction of sp³-hybridized carbons (Fsp3) is 0.831. The zero-order valence-corrected chi connectivity index (χ0v) is 55.7. The molecule has 0 bridgehead atoms. The summed E-state index contributed by atoms with van der Waals surface area (Å²) in [5, 5.41) is 0. The summed E-state index contributed by atoms with van der Waals surface area (Å²) in [7, 11) is 0. The van der Waals surface area contributed by atoms with Crippen LogP contribution in [0, 0.1) is 0 Å².